The van der Waals surface area contributed by atoms with E-state index in [1.807, 2.05) is 24.0 Å². The lowest BCUT2D eigenvalue weighted by molar-refractivity contribution is -0.129. The number of morpholine rings is 1. The van der Waals surface area contributed by atoms with Crippen molar-refractivity contribution >= 4 is 11.6 Å². The van der Waals surface area contributed by atoms with Crippen LogP contribution in [0.15, 0.2) is 18.2 Å². The van der Waals surface area contributed by atoms with Crippen molar-refractivity contribution in [2.75, 3.05) is 32.1 Å². The topological polar surface area (TPSA) is 90.8 Å². The molecule has 4 N–H and O–H groups in total. The van der Waals surface area contributed by atoms with E-state index < -0.39 is 6.04 Å². The summed E-state index contributed by atoms with van der Waals surface area (Å²) >= 11 is 0. The predicted octanol–water partition coefficient (Wildman–Crippen LogP) is 0.354. The van der Waals surface area contributed by atoms with Crippen LogP contribution in [0.4, 0.5) is 5.69 Å². The normalized spacial score (nSPS) is 19.8. The fourth-order valence-electron chi connectivity index (χ4n) is 2.33. The van der Waals surface area contributed by atoms with E-state index in [4.69, 9.17) is 20.9 Å². The van der Waals surface area contributed by atoms with Crippen LogP contribution in [0.5, 0.6) is 5.75 Å². The van der Waals surface area contributed by atoms with Crippen molar-refractivity contribution in [2.24, 2.45) is 5.73 Å². The second-order valence-corrected chi connectivity index (χ2v) is 4.76. The predicted molar refractivity (Wildman–Crippen MR) is 76.2 cm³/mol. The second-order valence-electron chi connectivity index (χ2n) is 4.76. The molecule has 0 radical (unpaired) electrons. The maximum atomic E-state index is 11.5. The molecule has 0 spiro atoms. The number of rotatable bonds is 5. The van der Waals surface area contributed by atoms with Crippen LogP contribution < -0.4 is 16.2 Å². The Labute approximate surface area is 118 Å². The smallest absolute Gasteiger partial charge is 0.237 e. The largest absolute Gasteiger partial charge is 0.494 e. The number of carbonyl (C=O) groups is 1. The van der Waals surface area contributed by atoms with E-state index >= 15 is 0 Å². The van der Waals surface area contributed by atoms with E-state index in [0.29, 0.717) is 38.6 Å². The molecule has 1 atom stereocenters. The molecule has 1 aromatic carbocycles. The van der Waals surface area contributed by atoms with Crippen molar-refractivity contribution < 1.29 is 14.3 Å². The second kappa shape index (κ2) is 6.58. The summed E-state index contributed by atoms with van der Waals surface area (Å²) in [7, 11) is 0. The van der Waals surface area contributed by atoms with E-state index in [9.17, 15) is 4.79 Å². The van der Waals surface area contributed by atoms with Crippen LogP contribution in [-0.4, -0.2) is 43.2 Å². The molecule has 110 valence electrons. The molecule has 0 aromatic heterocycles. The van der Waals surface area contributed by atoms with Gasteiger partial charge in [-0.25, -0.2) is 0 Å². The highest BCUT2D eigenvalue weighted by atomic mass is 16.5. The van der Waals surface area contributed by atoms with Crippen LogP contribution in [0.1, 0.15) is 12.5 Å². The Morgan fingerprint density at radius 3 is 3.05 bits per heavy atom. The third-order valence-electron chi connectivity index (χ3n) is 3.33. The lowest BCUT2D eigenvalue weighted by Gasteiger charge is -2.33. The zero-order valence-corrected chi connectivity index (χ0v) is 11.7. The van der Waals surface area contributed by atoms with E-state index in [2.05, 4.69) is 0 Å². The molecule has 6 nitrogen and oxygen atoms in total. The molecule has 1 unspecified atom stereocenters. The summed E-state index contributed by atoms with van der Waals surface area (Å²) in [5, 5.41) is 0. The summed E-state index contributed by atoms with van der Waals surface area (Å²) in [6.07, 6.45) is 0. The zero-order chi connectivity index (χ0) is 14.5. The lowest BCUT2D eigenvalue weighted by Crippen LogP contribution is -2.51. The van der Waals surface area contributed by atoms with Crippen molar-refractivity contribution in [3.8, 4) is 5.75 Å². The van der Waals surface area contributed by atoms with Crippen LogP contribution in [-0.2, 0) is 16.1 Å². The molecule has 1 amide bonds. The van der Waals surface area contributed by atoms with Crippen molar-refractivity contribution in [1.82, 2.24) is 4.90 Å². The quantitative estimate of drug-likeness (QED) is 0.759. The molecule has 0 saturated carbocycles. The number of primary amides is 1. The number of benzene rings is 1. The number of amides is 1. The van der Waals surface area contributed by atoms with Gasteiger partial charge in [0.1, 0.15) is 11.8 Å². The summed E-state index contributed by atoms with van der Waals surface area (Å²) < 4.78 is 10.9. The average Bonchev–Trinajstić information content (AvgIpc) is 2.42. The van der Waals surface area contributed by atoms with Gasteiger partial charge in [-0.2, -0.15) is 0 Å². The number of hydrogen-bond acceptors (Lipinski definition) is 5. The third kappa shape index (κ3) is 3.40. The SMILES string of the molecule is CCOc1ccc(N)cc1CN1CCOCC1C(N)=O. The number of nitrogens with zero attached hydrogens (tertiary/aromatic N) is 1. The van der Waals surface area contributed by atoms with Crippen LogP contribution in [0, 0.1) is 0 Å². The van der Waals surface area contributed by atoms with Gasteiger partial charge in [0.2, 0.25) is 5.91 Å². The molecular formula is C14H21N3O3. The Bertz CT molecular complexity index is 479. The third-order valence-corrected chi connectivity index (χ3v) is 3.33. The van der Waals surface area contributed by atoms with Gasteiger partial charge >= 0.3 is 0 Å². The number of carbonyl (C=O) groups excluding carboxylic acids is 1. The highest BCUT2D eigenvalue weighted by Gasteiger charge is 2.28. The number of hydrogen-bond donors (Lipinski definition) is 2. The first-order chi connectivity index (χ1) is 9.61. The van der Waals surface area contributed by atoms with E-state index in [1.165, 1.54) is 0 Å². The highest BCUT2D eigenvalue weighted by Crippen LogP contribution is 2.24. The molecule has 1 aliphatic heterocycles. The van der Waals surface area contributed by atoms with E-state index in [-0.39, 0.29) is 5.91 Å². The maximum Gasteiger partial charge on any atom is 0.237 e. The van der Waals surface area contributed by atoms with E-state index in [1.54, 1.807) is 6.07 Å². The minimum absolute atomic E-state index is 0.335. The van der Waals surface area contributed by atoms with Crippen LogP contribution >= 0.6 is 0 Å². The molecular weight excluding hydrogens is 258 g/mol. The summed E-state index contributed by atoms with van der Waals surface area (Å²) in [6, 6.07) is 5.13. The number of anilines is 1. The molecule has 1 aromatic rings. The molecule has 0 bridgehead atoms. The van der Waals surface area contributed by atoms with Gasteiger partial charge in [0, 0.05) is 24.3 Å². The molecule has 1 saturated heterocycles. The number of ether oxygens (including phenoxy) is 2. The summed E-state index contributed by atoms with van der Waals surface area (Å²) in [5.41, 5.74) is 12.9. The van der Waals surface area contributed by atoms with Gasteiger partial charge in [0.05, 0.1) is 19.8 Å². The number of nitrogen functional groups attached to an aromatic ring is 1. The average molecular weight is 279 g/mol. The first-order valence-corrected chi connectivity index (χ1v) is 6.74. The van der Waals surface area contributed by atoms with Crippen LogP contribution in [0.3, 0.4) is 0 Å². The van der Waals surface area contributed by atoms with E-state index in [0.717, 1.165) is 11.3 Å². The lowest BCUT2D eigenvalue weighted by atomic mass is 10.1. The van der Waals surface area contributed by atoms with Crippen LogP contribution in [0.25, 0.3) is 0 Å². The van der Waals surface area contributed by atoms with Gasteiger partial charge in [-0.1, -0.05) is 0 Å². The summed E-state index contributed by atoms with van der Waals surface area (Å²) in [4.78, 5) is 13.5. The molecule has 6 heteroatoms. The van der Waals surface area contributed by atoms with Gasteiger partial charge in [-0.05, 0) is 25.1 Å². The molecule has 1 fully saturated rings. The van der Waals surface area contributed by atoms with Gasteiger partial charge in [0.25, 0.3) is 0 Å². The van der Waals surface area contributed by atoms with Crippen LogP contribution in [0.2, 0.25) is 0 Å². The first-order valence-electron chi connectivity index (χ1n) is 6.74. The van der Waals surface area contributed by atoms with Crippen molar-refractivity contribution in [3.63, 3.8) is 0 Å². The summed E-state index contributed by atoms with van der Waals surface area (Å²) in [6.45, 7) is 4.67. The zero-order valence-electron chi connectivity index (χ0n) is 11.7. The maximum absolute atomic E-state index is 11.5. The van der Waals surface area contributed by atoms with Crippen molar-refractivity contribution in [2.45, 2.75) is 19.5 Å². The standard InChI is InChI=1S/C14H21N3O3/c1-2-20-13-4-3-11(15)7-10(13)8-17-5-6-19-9-12(17)14(16)18/h3-4,7,12H,2,5-6,8-9,15H2,1H3,(H2,16,18). The van der Waals surface area contributed by atoms with Crippen molar-refractivity contribution in [1.29, 1.82) is 0 Å². The molecule has 0 aliphatic carbocycles. The van der Waals surface area contributed by atoms with Gasteiger partial charge in [-0.3, -0.25) is 9.69 Å². The Kier molecular flexibility index (Phi) is 4.81. The fourth-order valence-corrected chi connectivity index (χ4v) is 2.33. The molecule has 20 heavy (non-hydrogen) atoms. The highest BCUT2D eigenvalue weighted by molar-refractivity contribution is 5.80. The first kappa shape index (κ1) is 14.6. The minimum atomic E-state index is -0.403. The minimum Gasteiger partial charge on any atom is -0.494 e. The molecule has 2 rings (SSSR count). The Balaban J connectivity index is 2.18. The Morgan fingerprint density at radius 1 is 1.55 bits per heavy atom. The molecule has 1 aliphatic rings. The molecule has 1 heterocycles. The van der Waals surface area contributed by atoms with Gasteiger partial charge in [0.15, 0.2) is 0 Å². The number of nitrogens with two attached hydrogens (primary N) is 2. The van der Waals surface area contributed by atoms with Gasteiger partial charge < -0.3 is 20.9 Å². The summed E-state index contributed by atoms with van der Waals surface area (Å²) in [5.74, 6) is 0.419. The Hall–Kier alpha value is -1.79. The van der Waals surface area contributed by atoms with Gasteiger partial charge in [-0.15, -0.1) is 0 Å². The monoisotopic (exact) mass is 279 g/mol. The van der Waals surface area contributed by atoms with Crippen molar-refractivity contribution in [3.05, 3.63) is 23.8 Å². The Morgan fingerprint density at radius 2 is 2.35 bits per heavy atom. The fraction of sp³-hybridized carbons (Fsp3) is 0.500.